The number of rotatable bonds is 8. The fourth-order valence-corrected chi connectivity index (χ4v) is 2.72. The number of hydrogen-bond acceptors (Lipinski definition) is 5. The first-order valence-electron chi connectivity index (χ1n) is 8.44. The molecular weight excluding hydrogens is 336 g/mol. The van der Waals surface area contributed by atoms with Crippen molar-refractivity contribution in [2.75, 3.05) is 6.54 Å². The Hall–Kier alpha value is -3.16. The van der Waals surface area contributed by atoms with E-state index in [0.717, 1.165) is 10.6 Å². The van der Waals surface area contributed by atoms with Gasteiger partial charge in [0, 0.05) is 31.3 Å². The van der Waals surface area contributed by atoms with Gasteiger partial charge in [-0.15, -0.1) is 0 Å². The number of amides is 4. The number of pyridine rings is 1. The van der Waals surface area contributed by atoms with E-state index in [2.05, 4.69) is 15.6 Å². The molecule has 136 valence electrons. The van der Waals surface area contributed by atoms with Crippen molar-refractivity contribution < 1.29 is 18.8 Å². The fourth-order valence-electron chi connectivity index (χ4n) is 2.72. The van der Waals surface area contributed by atoms with E-state index in [0.29, 0.717) is 18.7 Å². The van der Waals surface area contributed by atoms with E-state index < -0.39 is 12.1 Å². The quantitative estimate of drug-likeness (QED) is 0.692. The zero-order chi connectivity index (χ0) is 18.4. The molecule has 1 unspecified atom stereocenters. The molecule has 1 saturated heterocycles. The molecule has 0 spiro atoms. The minimum absolute atomic E-state index is 0.0877. The van der Waals surface area contributed by atoms with Crippen molar-refractivity contribution in [2.45, 2.75) is 31.8 Å². The molecule has 2 aromatic rings. The Balaban J connectivity index is 1.40. The maximum absolute atomic E-state index is 12.3. The third-order valence-electron chi connectivity index (χ3n) is 4.09. The van der Waals surface area contributed by atoms with Crippen LogP contribution >= 0.6 is 0 Å². The third kappa shape index (κ3) is 4.47. The lowest BCUT2D eigenvalue weighted by Crippen LogP contribution is -2.33. The molecule has 1 atom stereocenters. The van der Waals surface area contributed by atoms with E-state index >= 15 is 0 Å². The summed E-state index contributed by atoms with van der Waals surface area (Å²) < 4.78 is 5.16. The average Bonchev–Trinajstić information content (AvgIpc) is 3.25. The molecule has 1 aliphatic rings. The van der Waals surface area contributed by atoms with E-state index in [4.69, 9.17) is 4.42 Å². The number of carbonyl (C=O) groups is 3. The molecule has 1 fully saturated rings. The van der Waals surface area contributed by atoms with Crippen LogP contribution in [-0.4, -0.2) is 40.3 Å². The summed E-state index contributed by atoms with van der Waals surface area (Å²) in [5.74, 6) is 0.0292. The van der Waals surface area contributed by atoms with Gasteiger partial charge in [-0.3, -0.25) is 19.5 Å². The smallest absolute Gasteiger partial charge is 0.325 e. The van der Waals surface area contributed by atoms with Crippen LogP contribution in [0.15, 0.2) is 47.2 Å². The van der Waals surface area contributed by atoms with Crippen LogP contribution in [-0.2, 0) is 22.6 Å². The van der Waals surface area contributed by atoms with Crippen molar-refractivity contribution in [3.63, 3.8) is 0 Å². The highest BCUT2D eigenvalue weighted by atomic mass is 16.3. The number of aromatic nitrogens is 1. The largest absolute Gasteiger partial charge is 0.467 e. The summed E-state index contributed by atoms with van der Waals surface area (Å²) in [6.07, 6.45) is 4.26. The second-order valence-electron chi connectivity index (χ2n) is 5.97. The van der Waals surface area contributed by atoms with E-state index in [9.17, 15) is 14.4 Å². The lowest BCUT2D eigenvalue weighted by molar-refractivity contribution is -0.128. The maximum Gasteiger partial charge on any atom is 0.325 e. The third-order valence-corrected chi connectivity index (χ3v) is 4.09. The van der Waals surface area contributed by atoms with Crippen LogP contribution in [0.5, 0.6) is 0 Å². The van der Waals surface area contributed by atoms with E-state index in [-0.39, 0.29) is 31.2 Å². The Labute approximate surface area is 150 Å². The monoisotopic (exact) mass is 356 g/mol. The van der Waals surface area contributed by atoms with Crippen LogP contribution in [0.25, 0.3) is 0 Å². The standard InChI is InChI=1S/C18H20N4O4/c23-16(20-10-8-13-4-1-2-9-19-13)7-6-15-17(24)22(18(25)21-15)12-14-5-3-11-26-14/h1-5,9,11,15H,6-8,10,12H2,(H,20,23)(H,21,25). The number of hydrogen-bond donors (Lipinski definition) is 2. The molecule has 0 radical (unpaired) electrons. The molecule has 1 aliphatic heterocycles. The first-order valence-corrected chi connectivity index (χ1v) is 8.44. The normalized spacial score (nSPS) is 16.6. The highest BCUT2D eigenvalue weighted by molar-refractivity contribution is 6.04. The molecule has 8 heteroatoms. The zero-order valence-electron chi connectivity index (χ0n) is 14.2. The Morgan fingerprint density at radius 3 is 2.88 bits per heavy atom. The summed E-state index contributed by atoms with van der Waals surface area (Å²) in [7, 11) is 0. The molecule has 26 heavy (non-hydrogen) atoms. The lowest BCUT2D eigenvalue weighted by Gasteiger charge is -2.11. The van der Waals surface area contributed by atoms with Gasteiger partial charge in [-0.05, 0) is 30.7 Å². The van der Waals surface area contributed by atoms with Crippen molar-refractivity contribution in [2.24, 2.45) is 0 Å². The Bertz CT molecular complexity index is 761. The zero-order valence-corrected chi connectivity index (χ0v) is 14.2. The average molecular weight is 356 g/mol. The summed E-state index contributed by atoms with van der Waals surface area (Å²) >= 11 is 0. The second-order valence-corrected chi connectivity index (χ2v) is 5.97. The van der Waals surface area contributed by atoms with Crippen LogP contribution in [0.1, 0.15) is 24.3 Å². The topological polar surface area (TPSA) is 105 Å². The molecule has 8 nitrogen and oxygen atoms in total. The summed E-state index contributed by atoms with van der Waals surface area (Å²) in [5, 5.41) is 5.41. The van der Waals surface area contributed by atoms with Gasteiger partial charge in [-0.25, -0.2) is 4.79 Å². The van der Waals surface area contributed by atoms with Gasteiger partial charge in [0.25, 0.3) is 5.91 Å². The van der Waals surface area contributed by atoms with Gasteiger partial charge in [0.1, 0.15) is 11.8 Å². The summed E-state index contributed by atoms with van der Waals surface area (Å²) in [6, 6.07) is 7.87. The summed E-state index contributed by atoms with van der Waals surface area (Å²) in [6.45, 7) is 0.565. The Morgan fingerprint density at radius 1 is 1.27 bits per heavy atom. The summed E-state index contributed by atoms with van der Waals surface area (Å²) in [5.41, 5.74) is 0.902. The second kappa shape index (κ2) is 8.28. The van der Waals surface area contributed by atoms with Gasteiger partial charge >= 0.3 is 6.03 Å². The highest BCUT2D eigenvalue weighted by Gasteiger charge is 2.38. The van der Waals surface area contributed by atoms with Crippen molar-refractivity contribution >= 4 is 17.8 Å². The Kier molecular flexibility index (Phi) is 5.62. The van der Waals surface area contributed by atoms with Crippen molar-refractivity contribution in [3.8, 4) is 0 Å². The van der Waals surface area contributed by atoms with Crippen LogP contribution < -0.4 is 10.6 Å². The number of carbonyl (C=O) groups excluding carboxylic acids is 3. The minimum atomic E-state index is -0.681. The molecule has 3 heterocycles. The number of nitrogens with zero attached hydrogens (tertiary/aromatic N) is 2. The van der Waals surface area contributed by atoms with E-state index in [1.807, 2.05) is 18.2 Å². The number of imide groups is 1. The lowest BCUT2D eigenvalue weighted by atomic mass is 10.1. The molecule has 2 N–H and O–H groups in total. The van der Waals surface area contributed by atoms with Gasteiger partial charge in [0.2, 0.25) is 5.91 Å². The predicted octanol–water partition coefficient (Wildman–Crippen LogP) is 1.23. The molecule has 2 aromatic heterocycles. The van der Waals surface area contributed by atoms with E-state index in [1.54, 1.807) is 18.3 Å². The molecule has 0 aromatic carbocycles. The Morgan fingerprint density at radius 2 is 2.15 bits per heavy atom. The van der Waals surface area contributed by atoms with Gasteiger partial charge in [-0.1, -0.05) is 6.07 Å². The van der Waals surface area contributed by atoms with Crippen molar-refractivity contribution in [1.82, 2.24) is 20.5 Å². The fraction of sp³-hybridized carbons (Fsp3) is 0.333. The SMILES string of the molecule is O=C(CCC1NC(=O)N(Cc2ccco2)C1=O)NCCc1ccccn1. The van der Waals surface area contributed by atoms with E-state index in [1.165, 1.54) is 6.26 Å². The maximum atomic E-state index is 12.3. The molecule has 0 aliphatic carbocycles. The first kappa shape index (κ1) is 17.7. The molecule has 3 rings (SSSR count). The molecule has 0 saturated carbocycles. The van der Waals surface area contributed by atoms with Crippen molar-refractivity contribution in [3.05, 3.63) is 54.2 Å². The number of furan rings is 1. The molecular formula is C18H20N4O4. The minimum Gasteiger partial charge on any atom is -0.467 e. The highest BCUT2D eigenvalue weighted by Crippen LogP contribution is 2.15. The van der Waals surface area contributed by atoms with Gasteiger partial charge in [-0.2, -0.15) is 0 Å². The van der Waals surface area contributed by atoms with Gasteiger partial charge < -0.3 is 15.1 Å². The number of nitrogens with one attached hydrogen (secondary N) is 2. The molecule has 4 amide bonds. The summed E-state index contributed by atoms with van der Waals surface area (Å²) in [4.78, 5) is 41.5. The van der Waals surface area contributed by atoms with Gasteiger partial charge in [0.15, 0.2) is 0 Å². The van der Waals surface area contributed by atoms with Crippen LogP contribution in [0, 0.1) is 0 Å². The van der Waals surface area contributed by atoms with Crippen LogP contribution in [0.2, 0.25) is 0 Å². The van der Waals surface area contributed by atoms with Crippen molar-refractivity contribution in [1.29, 1.82) is 0 Å². The van der Waals surface area contributed by atoms with Gasteiger partial charge in [0.05, 0.1) is 12.8 Å². The van der Waals surface area contributed by atoms with Crippen LogP contribution in [0.4, 0.5) is 4.79 Å². The first-order chi connectivity index (χ1) is 12.6. The molecule has 0 bridgehead atoms. The van der Waals surface area contributed by atoms with Crippen LogP contribution in [0.3, 0.4) is 0 Å². The number of urea groups is 1. The predicted molar refractivity (Wildman–Crippen MR) is 91.8 cm³/mol.